The maximum atomic E-state index is 13.3. The molecule has 0 heterocycles. The second kappa shape index (κ2) is 4.74. The Balaban J connectivity index is 2.03. The molecule has 0 atom stereocenters. The Morgan fingerprint density at radius 3 is 2.13 bits per heavy atom. The molecule has 0 nitrogen and oxygen atoms in total. The molecule has 0 fully saturated rings. The molecule has 0 amide bonds. The molecule has 1 heteroatoms. The van der Waals surface area contributed by atoms with Crippen LogP contribution in [0, 0.1) is 5.82 Å². The van der Waals surface area contributed by atoms with Gasteiger partial charge in [-0.25, -0.2) is 4.39 Å². The molecular weight excluding hydrogens is 187 g/mol. The summed E-state index contributed by atoms with van der Waals surface area (Å²) >= 11 is 0. The van der Waals surface area contributed by atoms with Gasteiger partial charge in [-0.15, -0.1) is 0 Å². The summed E-state index contributed by atoms with van der Waals surface area (Å²) < 4.78 is 13.3. The summed E-state index contributed by atoms with van der Waals surface area (Å²) in [4.78, 5) is 0. The van der Waals surface area contributed by atoms with Crippen molar-refractivity contribution < 1.29 is 4.39 Å². The van der Waals surface area contributed by atoms with Gasteiger partial charge >= 0.3 is 0 Å². The van der Waals surface area contributed by atoms with Crippen LogP contribution in [0.2, 0.25) is 0 Å². The van der Waals surface area contributed by atoms with Gasteiger partial charge in [-0.3, -0.25) is 0 Å². The van der Waals surface area contributed by atoms with Gasteiger partial charge in [-0.05, 0) is 30.0 Å². The smallest absolute Gasteiger partial charge is 0.126 e. The van der Waals surface area contributed by atoms with E-state index in [0.717, 1.165) is 18.4 Å². The van der Waals surface area contributed by atoms with E-state index in [2.05, 4.69) is 12.1 Å². The topological polar surface area (TPSA) is 0 Å². The third-order valence-corrected chi connectivity index (χ3v) is 2.48. The van der Waals surface area contributed by atoms with Crippen LogP contribution in [-0.2, 0) is 12.8 Å². The van der Waals surface area contributed by atoms with Crippen LogP contribution >= 0.6 is 0 Å². The summed E-state index contributed by atoms with van der Waals surface area (Å²) in [6, 6.07) is 17.1. The average molecular weight is 200 g/mol. The standard InChI is InChI=1S/C14H13F/c15-14-9-5-4-8-13(14)11-10-12-6-2-1-3-7-12/h1-9H,10-11H2. The third-order valence-electron chi connectivity index (χ3n) is 2.48. The van der Waals surface area contributed by atoms with Crippen molar-refractivity contribution in [2.75, 3.05) is 0 Å². The zero-order valence-corrected chi connectivity index (χ0v) is 8.49. The number of hydrogen-bond acceptors (Lipinski definition) is 0. The van der Waals surface area contributed by atoms with Crippen LogP contribution in [0.1, 0.15) is 11.1 Å². The van der Waals surface area contributed by atoms with Gasteiger partial charge in [0, 0.05) is 0 Å². The minimum absolute atomic E-state index is 0.103. The fourth-order valence-corrected chi connectivity index (χ4v) is 1.62. The van der Waals surface area contributed by atoms with E-state index < -0.39 is 0 Å². The minimum atomic E-state index is -0.103. The van der Waals surface area contributed by atoms with Crippen molar-refractivity contribution in [1.29, 1.82) is 0 Å². The lowest BCUT2D eigenvalue weighted by Crippen LogP contribution is -1.93. The largest absolute Gasteiger partial charge is 0.207 e. The molecule has 0 bridgehead atoms. The molecule has 0 saturated carbocycles. The molecule has 2 aromatic carbocycles. The van der Waals surface area contributed by atoms with E-state index in [1.54, 1.807) is 6.07 Å². The molecule has 0 unspecified atom stereocenters. The highest BCUT2D eigenvalue weighted by Gasteiger charge is 2.00. The molecular formula is C14H13F. The molecule has 15 heavy (non-hydrogen) atoms. The molecule has 0 radical (unpaired) electrons. The predicted octanol–water partition coefficient (Wildman–Crippen LogP) is 3.61. The van der Waals surface area contributed by atoms with Crippen molar-refractivity contribution in [2.24, 2.45) is 0 Å². The minimum Gasteiger partial charge on any atom is -0.207 e. The first kappa shape index (κ1) is 9.91. The van der Waals surface area contributed by atoms with Gasteiger partial charge in [-0.1, -0.05) is 48.5 Å². The molecule has 0 aliphatic carbocycles. The van der Waals surface area contributed by atoms with Crippen molar-refractivity contribution in [3.8, 4) is 0 Å². The SMILES string of the molecule is Fc1ccccc1CCc1ccccc1. The monoisotopic (exact) mass is 200 g/mol. The molecule has 0 N–H and O–H groups in total. The molecule has 0 aliphatic rings. The molecule has 0 spiro atoms. The second-order valence-corrected chi connectivity index (χ2v) is 3.58. The van der Waals surface area contributed by atoms with Gasteiger partial charge in [0.05, 0.1) is 0 Å². The number of aryl methyl sites for hydroxylation is 2. The van der Waals surface area contributed by atoms with Crippen molar-refractivity contribution in [2.45, 2.75) is 12.8 Å². The van der Waals surface area contributed by atoms with Gasteiger partial charge in [0.2, 0.25) is 0 Å². The lowest BCUT2D eigenvalue weighted by molar-refractivity contribution is 0.608. The van der Waals surface area contributed by atoms with Crippen molar-refractivity contribution in [3.63, 3.8) is 0 Å². The number of rotatable bonds is 3. The van der Waals surface area contributed by atoms with Crippen LogP contribution < -0.4 is 0 Å². The highest BCUT2D eigenvalue weighted by atomic mass is 19.1. The Hall–Kier alpha value is -1.63. The van der Waals surface area contributed by atoms with Gasteiger partial charge in [0.15, 0.2) is 0 Å². The van der Waals surface area contributed by atoms with Crippen molar-refractivity contribution >= 4 is 0 Å². The van der Waals surface area contributed by atoms with E-state index in [1.165, 1.54) is 11.6 Å². The summed E-state index contributed by atoms with van der Waals surface area (Å²) in [6.07, 6.45) is 1.65. The van der Waals surface area contributed by atoms with E-state index in [1.807, 2.05) is 30.3 Å². The first-order valence-electron chi connectivity index (χ1n) is 5.13. The first-order chi connectivity index (χ1) is 7.36. The lowest BCUT2D eigenvalue weighted by atomic mass is 10.0. The maximum absolute atomic E-state index is 13.3. The maximum Gasteiger partial charge on any atom is 0.126 e. The van der Waals surface area contributed by atoms with Crippen LogP contribution in [0.25, 0.3) is 0 Å². The summed E-state index contributed by atoms with van der Waals surface area (Å²) in [6.45, 7) is 0. The number of halogens is 1. The van der Waals surface area contributed by atoms with Gasteiger partial charge in [0.25, 0.3) is 0 Å². The first-order valence-corrected chi connectivity index (χ1v) is 5.13. The summed E-state index contributed by atoms with van der Waals surface area (Å²) in [5.74, 6) is -0.103. The van der Waals surface area contributed by atoms with E-state index in [-0.39, 0.29) is 5.82 Å². The highest BCUT2D eigenvalue weighted by Crippen LogP contribution is 2.10. The van der Waals surface area contributed by atoms with E-state index in [0.29, 0.717) is 0 Å². The zero-order chi connectivity index (χ0) is 10.5. The molecule has 0 aliphatic heterocycles. The molecule has 2 aromatic rings. The summed E-state index contributed by atoms with van der Waals surface area (Å²) in [5.41, 5.74) is 2.04. The highest BCUT2D eigenvalue weighted by molar-refractivity contribution is 5.21. The molecule has 0 aromatic heterocycles. The second-order valence-electron chi connectivity index (χ2n) is 3.58. The molecule has 76 valence electrons. The Morgan fingerprint density at radius 2 is 1.40 bits per heavy atom. The number of hydrogen-bond donors (Lipinski definition) is 0. The van der Waals surface area contributed by atoms with Crippen molar-refractivity contribution in [3.05, 3.63) is 71.5 Å². The van der Waals surface area contributed by atoms with Crippen LogP contribution in [0.15, 0.2) is 54.6 Å². The average Bonchev–Trinajstić information content (AvgIpc) is 2.29. The summed E-state index contributed by atoms with van der Waals surface area (Å²) in [7, 11) is 0. The Morgan fingerprint density at radius 1 is 0.733 bits per heavy atom. The van der Waals surface area contributed by atoms with E-state index >= 15 is 0 Å². The Bertz CT molecular complexity index is 420. The van der Waals surface area contributed by atoms with Crippen LogP contribution in [0.5, 0.6) is 0 Å². The van der Waals surface area contributed by atoms with Gasteiger partial charge in [0.1, 0.15) is 5.82 Å². The fraction of sp³-hybridized carbons (Fsp3) is 0.143. The summed E-state index contributed by atoms with van der Waals surface area (Å²) in [5, 5.41) is 0. The predicted molar refractivity (Wildman–Crippen MR) is 60.3 cm³/mol. The van der Waals surface area contributed by atoms with Gasteiger partial charge < -0.3 is 0 Å². The molecule has 0 saturated heterocycles. The Labute approximate surface area is 89.4 Å². The van der Waals surface area contributed by atoms with Crippen LogP contribution in [-0.4, -0.2) is 0 Å². The van der Waals surface area contributed by atoms with E-state index in [4.69, 9.17) is 0 Å². The molecule has 2 rings (SSSR count). The lowest BCUT2D eigenvalue weighted by Gasteiger charge is -2.02. The third kappa shape index (κ3) is 2.66. The van der Waals surface area contributed by atoms with Crippen LogP contribution in [0.3, 0.4) is 0 Å². The number of benzene rings is 2. The quantitative estimate of drug-likeness (QED) is 0.710. The van der Waals surface area contributed by atoms with Crippen LogP contribution in [0.4, 0.5) is 4.39 Å². The zero-order valence-electron chi connectivity index (χ0n) is 8.49. The fourth-order valence-electron chi connectivity index (χ4n) is 1.62. The van der Waals surface area contributed by atoms with Gasteiger partial charge in [-0.2, -0.15) is 0 Å². The van der Waals surface area contributed by atoms with Crippen molar-refractivity contribution in [1.82, 2.24) is 0 Å². The van der Waals surface area contributed by atoms with E-state index in [9.17, 15) is 4.39 Å². The Kier molecular flexibility index (Phi) is 3.13. The normalized spacial score (nSPS) is 10.2.